The molecule has 120 valence electrons. The Hall–Kier alpha value is -2.05. The number of likely N-dealkylation sites (tertiary alicyclic amines) is 1. The molecular formula is C15H21N3O4. The van der Waals surface area contributed by atoms with E-state index >= 15 is 0 Å². The van der Waals surface area contributed by atoms with Gasteiger partial charge in [0, 0.05) is 25.1 Å². The van der Waals surface area contributed by atoms with Crippen LogP contribution in [0.1, 0.15) is 55.8 Å². The first-order valence-corrected chi connectivity index (χ1v) is 7.57. The first-order valence-electron chi connectivity index (χ1n) is 7.57. The first-order chi connectivity index (χ1) is 10.3. The van der Waals surface area contributed by atoms with Gasteiger partial charge in [0.15, 0.2) is 5.69 Å². The van der Waals surface area contributed by atoms with Gasteiger partial charge in [-0.05, 0) is 33.6 Å². The fourth-order valence-corrected chi connectivity index (χ4v) is 2.26. The summed E-state index contributed by atoms with van der Waals surface area (Å²) in [6.07, 6.45) is 1.85. The van der Waals surface area contributed by atoms with Gasteiger partial charge < -0.3 is 19.5 Å². The van der Waals surface area contributed by atoms with Crippen molar-refractivity contribution in [3.63, 3.8) is 0 Å². The maximum atomic E-state index is 12.0. The van der Waals surface area contributed by atoms with E-state index in [1.807, 2.05) is 20.8 Å². The van der Waals surface area contributed by atoms with Gasteiger partial charge in [-0.2, -0.15) is 0 Å². The average molecular weight is 307 g/mol. The SMILES string of the molecule is CC(C)(C)OC(=O)N1CC(NC(=O)c2cc(C3CC3)on2)C1. The predicted octanol–water partition coefficient (Wildman–Crippen LogP) is 1.90. The number of hydrogen-bond acceptors (Lipinski definition) is 5. The molecule has 1 aromatic heterocycles. The lowest BCUT2D eigenvalue weighted by atomic mass is 10.1. The summed E-state index contributed by atoms with van der Waals surface area (Å²) in [5, 5.41) is 6.64. The molecule has 2 amide bonds. The molecule has 0 atom stereocenters. The van der Waals surface area contributed by atoms with Crippen molar-refractivity contribution in [1.29, 1.82) is 0 Å². The van der Waals surface area contributed by atoms with Gasteiger partial charge in [-0.3, -0.25) is 4.79 Å². The zero-order valence-corrected chi connectivity index (χ0v) is 13.1. The fraction of sp³-hybridized carbons (Fsp3) is 0.667. The molecule has 7 nitrogen and oxygen atoms in total. The van der Waals surface area contributed by atoms with E-state index in [0.29, 0.717) is 24.7 Å². The first kappa shape index (κ1) is 14.9. The van der Waals surface area contributed by atoms with Gasteiger partial charge in [-0.1, -0.05) is 5.16 Å². The summed E-state index contributed by atoms with van der Waals surface area (Å²) in [4.78, 5) is 25.4. The van der Waals surface area contributed by atoms with E-state index in [0.717, 1.165) is 18.6 Å². The molecule has 1 saturated carbocycles. The second-order valence-corrected chi connectivity index (χ2v) is 6.94. The summed E-state index contributed by atoms with van der Waals surface area (Å²) in [5.41, 5.74) is -0.205. The number of ether oxygens (including phenoxy) is 1. The van der Waals surface area contributed by atoms with Crippen molar-refractivity contribution >= 4 is 12.0 Å². The van der Waals surface area contributed by atoms with Crippen molar-refractivity contribution in [3.05, 3.63) is 17.5 Å². The van der Waals surface area contributed by atoms with Crippen LogP contribution in [0, 0.1) is 0 Å². The Morgan fingerprint density at radius 3 is 2.64 bits per heavy atom. The van der Waals surface area contributed by atoms with E-state index in [1.165, 1.54) is 0 Å². The number of rotatable bonds is 3. The lowest BCUT2D eigenvalue weighted by molar-refractivity contribution is 0.00529. The highest BCUT2D eigenvalue weighted by Gasteiger charge is 2.35. The van der Waals surface area contributed by atoms with E-state index < -0.39 is 5.60 Å². The van der Waals surface area contributed by atoms with Gasteiger partial charge in [-0.25, -0.2) is 4.79 Å². The molecule has 2 aliphatic rings. The van der Waals surface area contributed by atoms with E-state index in [-0.39, 0.29) is 18.0 Å². The molecule has 3 rings (SSSR count). The lowest BCUT2D eigenvalue weighted by Gasteiger charge is -2.39. The molecule has 0 aromatic carbocycles. The fourth-order valence-electron chi connectivity index (χ4n) is 2.26. The molecule has 0 bridgehead atoms. The van der Waals surface area contributed by atoms with Crippen molar-refractivity contribution in [3.8, 4) is 0 Å². The highest BCUT2D eigenvalue weighted by molar-refractivity contribution is 5.92. The van der Waals surface area contributed by atoms with Gasteiger partial charge in [0.05, 0.1) is 6.04 Å². The zero-order valence-electron chi connectivity index (χ0n) is 13.1. The molecule has 1 saturated heterocycles. The number of carbonyl (C=O) groups excluding carboxylic acids is 2. The van der Waals surface area contributed by atoms with Gasteiger partial charge in [0.1, 0.15) is 11.4 Å². The van der Waals surface area contributed by atoms with Crippen LogP contribution in [0.5, 0.6) is 0 Å². The van der Waals surface area contributed by atoms with Gasteiger partial charge in [0.25, 0.3) is 5.91 Å². The summed E-state index contributed by atoms with van der Waals surface area (Å²) in [5.74, 6) is 0.957. The van der Waals surface area contributed by atoms with Crippen LogP contribution in [0.15, 0.2) is 10.6 Å². The summed E-state index contributed by atoms with van der Waals surface area (Å²) >= 11 is 0. The van der Waals surface area contributed by atoms with Crippen LogP contribution in [0.4, 0.5) is 4.79 Å². The van der Waals surface area contributed by atoms with Gasteiger partial charge >= 0.3 is 6.09 Å². The second-order valence-electron chi connectivity index (χ2n) is 6.94. The second kappa shape index (κ2) is 5.30. The topological polar surface area (TPSA) is 84.7 Å². The largest absolute Gasteiger partial charge is 0.444 e. The third-order valence-corrected chi connectivity index (χ3v) is 3.61. The molecule has 0 spiro atoms. The Balaban J connectivity index is 1.45. The molecule has 1 aliphatic heterocycles. The number of carbonyl (C=O) groups is 2. The number of aromatic nitrogens is 1. The third-order valence-electron chi connectivity index (χ3n) is 3.61. The molecule has 0 unspecified atom stereocenters. The highest BCUT2D eigenvalue weighted by Crippen LogP contribution is 2.40. The van der Waals surface area contributed by atoms with Crippen LogP contribution < -0.4 is 5.32 Å². The van der Waals surface area contributed by atoms with Gasteiger partial charge in [-0.15, -0.1) is 0 Å². The lowest BCUT2D eigenvalue weighted by Crippen LogP contribution is -2.61. The minimum absolute atomic E-state index is 0.0684. The van der Waals surface area contributed by atoms with Crippen LogP contribution in [0.25, 0.3) is 0 Å². The van der Waals surface area contributed by atoms with Crippen molar-refractivity contribution in [2.45, 2.75) is 51.2 Å². The Bertz CT molecular complexity index is 580. The molecule has 1 aliphatic carbocycles. The Morgan fingerprint density at radius 2 is 2.05 bits per heavy atom. The van der Waals surface area contributed by atoms with Crippen LogP contribution in [0.2, 0.25) is 0 Å². The number of nitrogens with one attached hydrogen (secondary N) is 1. The minimum Gasteiger partial charge on any atom is -0.444 e. The Labute approximate surface area is 129 Å². The maximum absolute atomic E-state index is 12.0. The molecular weight excluding hydrogens is 286 g/mol. The summed E-state index contributed by atoms with van der Waals surface area (Å²) in [6, 6.07) is 1.64. The maximum Gasteiger partial charge on any atom is 0.410 e. The molecule has 1 aromatic rings. The van der Waals surface area contributed by atoms with Crippen molar-refractivity contribution in [1.82, 2.24) is 15.4 Å². The van der Waals surface area contributed by atoms with E-state index in [4.69, 9.17) is 9.26 Å². The van der Waals surface area contributed by atoms with E-state index in [2.05, 4.69) is 10.5 Å². The Kier molecular flexibility index (Phi) is 3.58. The predicted molar refractivity (Wildman–Crippen MR) is 77.5 cm³/mol. The molecule has 22 heavy (non-hydrogen) atoms. The standard InChI is InChI=1S/C15H21N3O4/c1-15(2,3)21-14(20)18-7-10(8-18)16-13(19)11-6-12(22-17-11)9-4-5-9/h6,9-10H,4-5,7-8H2,1-3H3,(H,16,19). The number of amides is 2. The quantitative estimate of drug-likeness (QED) is 0.922. The van der Waals surface area contributed by atoms with E-state index in [1.54, 1.807) is 11.0 Å². The zero-order chi connectivity index (χ0) is 15.9. The average Bonchev–Trinajstić information content (AvgIpc) is 3.08. The molecule has 1 N–H and O–H groups in total. The third kappa shape index (κ3) is 3.40. The summed E-state index contributed by atoms with van der Waals surface area (Å²) in [6.45, 7) is 6.38. The summed E-state index contributed by atoms with van der Waals surface area (Å²) < 4.78 is 10.4. The number of hydrogen-bond donors (Lipinski definition) is 1. The minimum atomic E-state index is -0.509. The van der Waals surface area contributed by atoms with Crippen LogP contribution >= 0.6 is 0 Å². The molecule has 2 heterocycles. The van der Waals surface area contributed by atoms with Crippen LogP contribution in [-0.2, 0) is 4.74 Å². The van der Waals surface area contributed by atoms with Crippen molar-refractivity contribution in [2.24, 2.45) is 0 Å². The van der Waals surface area contributed by atoms with Crippen molar-refractivity contribution < 1.29 is 18.8 Å². The summed E-state index contributed by atoms with van der Waals surface area (Å²) in [7, 11) is 0. The monoisotopic (exact) mass is 307 g/mol. The van der Waals surface area contributed by atoms with Gasteiger partial charge in [0.2, 0.25) is 0 Å². The molecule has 7 heteroatoms. The van der Waals surface area contributed by atoms with E-state index in [9.17, 15) is 9.59 Å². The molecule has 2 fully saturated rings. The highest BCUT2D eigenvalue weighted by atomic mass is 16.6. The van der Waals surface area contributed by atoms with Crippen LogP contribution in [-0.4, -0.2) is 46.8 Å². The van der Waals surface area contributed by atoms with Crippen LogP contribution in [0.3, 0.4) is 0 Å². The smallest absolute Gasteiger partial charge is 0.410 e. The van der Waals surface area contributed by atoms with Crippen molar-refractivity contribution in [2.75, 3.05) is 13.1 Å². The Morgan fingerprint density at radius 1 is 1.36 bits per heavy atom. The molecule has 0 radical (unpaired) electrons. The normalized spacial score (nSPS) is 18.8. The number of nitrogens with zero attached hydrogens (tertiary/aromatic N) is 2.